The summed E-state index contributed by atoms with van der Waals surface area (Å²) in [5.74, 6) is -0.924. The summed E-state index contributed by atoms with van der Waals surface area (Å²) >= 11 is 0. The van der Waals surface area contributed by atoms with E-state index in [2.05, 4.69) is 5.32 Å². The molecule has 6 nitrogen and oxygen atoms in total. The smallest absolute Gasteiger partial charge is 0.330 e. The molecule has 2 amide bonds. The topological polar surface area (TPSA) is 75.7 Å². The quantitative estimate of drug-likeness (QED) is 0.661. The highest BCUT2D eigenvalue weighted by atomic mass is 16.5. The van der Waals surface area contributed by atoms with Gasteiger partial charge in [0, 0.05) is 5.69 Å². The average molecular weight is 352 g/mol. The van der Waals surface area contributed by atoms with E-state index in [-0.39, 0.29) is 24.3 Å². The maximum absolute atomic E-state index is 12.4. The van der Waals surface area contributed by atoms with E-state index in [9.17, 15) is 14.4 Å². The van der Waals surface area contributed by atoms with Gasteiger partial charge >= 0.3 is 5.97 Å². The second-order valence-corrected chi connectivity index (χ2v) is 6.68. The van der Waals surface area contributed by atoms with Crippen molar-refractivity contribution in [2.45, 2.75) is 25.9 Å². The molecule has 3 rings (SSSR count). The van der Waals surface area contributed by atoms with Crippen LogP contribution in [0.2, 0.25) is 0 Å². The van der Waals surface area contributed by atoms with Crippen molar-refractivity contribution in [3.8, 4) is 0 Å². The molecule has 6 heteroatoms. The molecule has 0 radical (unpaired) electrons. The Kier molecular flexibility index (Phi) is 4.50. The molecule has 2 aromatic rings. The van der Waals surface area contributed by atoms with Gasteiger partial charge in [0.15, 0.2) is 0 Å². The van der Waals surface area contributed by atoms with E-state index in [0.717, 1.165) is 11.3 Å². The lowest BCUT2D eigenvalue weighted by Crippen LogP contribution is -2.41. The van der Waals surface area contributed by atoms with Crippen molar-refractivity contribution < 1.29 is 19.1 Å². The van der Waals surface area contributed by atoms with Crippen molar-refractivity contribution in [2.75, 3.05) is 12.4 Å². The van der Waals surface area contributed by atoms with Crippen LogP contribution in [-0.2, 0) is 16.1 Å². The van der Waals surface area contributed by atoms with Crippen molar-refractivity contribution in [1.82, 2.24) is 4.90 Å². The van der Waals surface area contributed by atoms with Crippen molar-refractivity contribution >= 4 is 23.5 Å². The molecule has 0 atom stereocenters. The Bertz CT molecular complexity index is 837. The molecular formula is C20H20N2O4. The highest BCUT2D eigenvalue weighted by Gasteiger charge is 2.35. The number of nitrogens with one attached hydrogen (secondary N) is 1. The fraction of sp³-hybridized carbons (Fsp3) is 0.250. The standard InChI is InChI=1S/C20H20N2O4/c1-20(2,19(25)26-3)21-14-10-8-13(9-11-14)12-22-17(23)15-6-4-5-7-16(15)18(22)24/h4-11,21H,12H2,1-3H3. The van der Waals surface area contributed by atoms with E-state index in [0.29, 0.717) is 11.1 Å². The molecule has 0 spiro atoms. The van der Waals surface area contributed by atoms with Crippen LogP contribution in [0.4, 0.5) is 5.69 Å². The van der Waals surface area contributed by atoms with E-state index < -0.39 is 5.54 Å². The van der Waals surface area contributed by atoms with E-state index >= 15 is 0 Å². The number of benzene rings is 2. The summed E-state index contributed by atoms with van der Waals surface area (Å²) in [6.07, 6.45) is 0. The SMILES string of the molecule is COC(=O)C(C)(C)Nc1ccc(CN2C(=O)c3ccccc3C2=O)cc1. The maximum Gasteiger partial charge on any atom is 0.330 e. The summed E-state index contributed by atoms with van der Waals surface area (Å²) in [7, 11) is 1.34. The number of hydrogen-bond acceptors (Lipinski definition) is 5. The summed E-state index contributed by atoms with van der Waals surface area (Å²) in [5, 5.41) is 3.10. The van der Waals surface area contributed by atoms with Gasteiger partial charge in [-0.15, -0.1) is 0 Å². The third-order valence-electron chi connectivity index (χ3n) is 4.33. The number of ether oxygens (including phenoxy) is 1. The van der Waals surface area contributed by atoms with Gasteiger partial charge in [0.2, 0.25) is 0 Å². The van der Waals surface area contributed by atoms with Crippen molar-refractivity contribution in [1.29, 1.82) is 0 Å². The molecule has 1 aliphatic rings. The maximum atomic E-state index is 12.4. The van der Waals surface area contributed by atoms with Gasteiger partial charge in [-0.05, 0) is 43.7 Å². The molecule has 1 N–H and O–H groups in total. The van der Waals surface area contributed by atoms with Gasteiger partial charge in [-0.1, -0.05) is 24.3 Å². The Labute approximate surface area is 151 Å². The molecule has 0 saturated carbocycles. The van der Waals surface area contributed by atoms with E-state index in [1.807, 2.05) is 12.1 Å². The Morgan fingerprint density at radius 1 is 1.00 bits per heavy atom. The van der Waals surface area contributed by atoms with Gasteiger partial charge in [0.25, 0.3) is 11.8 Å². The molecule has 0 aliphatic carbocycles. The van der Waals surface area contributed by atoms with Gasteiger partial charge in [-0.2, -0.15) is 0 Å². The van der Waals surface area contributed by atoms with E-state index in [1.165, 1.54) is 12.0 Å². The first-order valence-electron chi connectivity index (χ1n) is 8.24. The molecule has 26 heavy (non-hydrogen) atoms. The van der Waals surface area contributed by atoms with Crippen LogP contribution in [0.1, 0.15) is 40.1 Å². The summed E-state index contributed by atoms with van der Waals surface area (Å²) in [5.41, 5.74) is 1.58. The highest BCUT2D eigenvalue weighted by Crippen LogP contribution is 2.25. The van der Waals surface area contributed by atoms with Gasteiger partial charge in [0.1, 0.15) is 5.54 Å². The highest BCUT2D eigenvalue weighted by molar-refractivity contribution is 6.21. The second kappa shape index (κ2) is 6.63. The molecule has 0 saturated heterocycles. The van der Waals surface area contributed by atoms with Gasteiger partial charge in [-0.3, -0.25) is 14.5 Å². The van der Waals surface area contributed by atoms with Crippen LogP contribution in [-0.4, -0.2) is 35.3 Å². The van der Waals surface area contributed by atoms with Crippen molar-refractivity contribution in [2.24, 2.45) is 0 Å². The zero-order valence-electron chi connectivity index (χ0n) is 14.9. The van der Waals surface area contributed by atoms with E-state index in [1.54, 1.807) is 50.2 Å². The Morgan fingerprint density at radius 2 is 1.54 bits per heavy atom. The second-order valence-electron chi connectivity index (χ2n) is 6.68. The number of imide groups is 1. The lowest BCUT2D eigenvalue weighted by Gasteiger charge is -2.24. The molecular weight excluding hydrogens is 332 g/mol. The normalized spacial score (nSPS) is 13.6. The van der Waals surface area contributed by atoms with Gasteiger partial charge < -0.3 is 10.1 Å². The molecule has 2 aromatic carbocycles. The number of anilines is 1. The summed E-state index contributed by atoms with van der Waals surface area (Å²) in [6.45, 7) is 3.66. The number of carbonyl (C=O) groups excluding carboxylic acids is 3. The molecule has 1 heterocycles. The van der Waals surface area contributed by atoms with Crippen LogP contribution in [0.15, 0.2) is 48.5 Å². The minimum Gasteiger partial charge on any atom is -0.467 e. The van der Waals surface area contributed by atoms with Crippen LogP contribution < -0.4 is 5.32 Å². The molecule has 1 aliphatic heterocycles. The average Bonchev–Trinajstić information content (AvgIpc) is 2.87. The predicted molar refractivity (Wildman–Crippen MR) is 96.8 cm³/mol. The molecule has 0 unspecified atom stereocenters. The van der Waals surface area contributed by atoms with Crippen molar-refractivity contribution in [3.05, 3.63) is 65.2 Å². The lowest BCUT2D eigenvalue weighted by molar-refractivity contribution is -0.144. The first kappa shape index (κ1) is 17.7. The summed E-state index contributed by atoms with van der Waals surface area (Å²) in [4.78, 5) is 37.8. The monoisotopic (exact) mass is 352 g/mol. The number of rotatable bonds is 5. The number of esters is 1. The molecule has 0 fully saturated rings. The summed E-state index contributed by atoms with van der Waals surface area (Å²) < 4.78 is 4.77. The number of fused-ring (bicyclic) bond motifs is 1. The number of hydrogen-bond donors (Lipinski definition) is 1. The van der Waals surface area contributed by atoms with Crippen LogP contribution in [0, 0.1) is 0 Å². The molecule has 0 aromatic heterocycles. The Balaban J connectivity index is 1.72. The molecule has 0 bridgehead atoms. The molecule has 134 valence electrons. The lowest BCUT2D eigenvalue weighted by atomic mass is 10.1. The third-order valence-corrected chi connectivity index (χ3v) is 4.33. The first-order valence-corrected chi connectivity index (χ1v) is 8.24. The minimum absolute atomic E-state index is 0.201. The number of carbonyl (C=O) groups is 3. The minimum atomic E-state index is -0.862. The summed E-state index contributed by atoms with van der Waals surface area (Å²) in [6, 6.07) is 14.1. The zero-order chi connectivity index (χ0) is 18.9. The largest absolute Gasteiger partial charge is 0.467 e. The van der Waals surface area contributed by atoms with E-state index in [4.69, 9.17) is 4.74 Å². The van der Waals surface area contributed by atoms with Crippen LogP contribution >= 0.6 is 0 Å². The van der Waals surface area contributed by atoms with Crippen molar-refractivity contribution in [3.63, 3.8) is 0 Å². The predicted octanol–water partition coefficient (Wildman–Crippen LogP) is 2.85. The Morgan fingerprint density at radius 3 is 2.04 bits per heavy atom. The fourth-order valence-corrected chi connectivity index (χ4v) is 2.93. The number of nitrogens with zero attached hydrogens (tertiary/aromatic N) is 1. The van der Waals surface area contributed by atoms with Crippen LogP contribution in [0.25, 0.3) is 0 Å². The first-order chi connectivity index (χ1) is 12.3. The fourth-order valence-electron chi connectivity index (χ4n) is 2.93. The number of methoxy groups -OCH3 is 1. The number of amides is 2. The van der Waals surface area contributed by atoms with Gasteiger partial charge in [0.05, 0.1) is 24.8 Å². The van der Waals surface area contributed by atoms with Gasteiger partial charge in [-0.25, -0.2) is 4.79 Å². The zero-order valence-corrected chi connectivity index (χ0v) is 14.9. The van der Waals surface area contributed by atoms with Crippen LogP contribution in [0.3, 0.4) is 0 Å². The third kappa shape index (κ3) is 3.18. The Hall–Kier alpha value is -3.15. The van der Waals surface area contributed by atoms with Crippen LogP contribution in [0.5, 0.6) is 0 Å².